The number of nitrogens with zero attached hydrogens (tertiary/aromatic N) is 1. The maximum atomic E-state index is 12.9. The number of ether oxygens (including phenoxy) is 1. The Balaban J connectivity index is 2.01. The normalized spacial score (nSPS) is 15.9. The molecule has 2 nitrogen and oxygen atoms in total. The van der Waals surface area contributed by atoms with Crippen molar-refractivity contribution in [2.45, 2.75) is 6.18 Å². The molecule has 5 heteroatoms. The van der Waals surface area contributed by atoms with Gasteiger partial charge in [-0.1, -0.05) is 24.3 Å². The molecule has 22 heavy (non-hydrogen) atoms. The molecule has 1 saturated heterocycles. The molecule has 1 fully saturated rings. The van der Waals surface area contributed by atoms with Crippen LogP contribution in [-0.4, -0.2) is 26.3 Å². The van der Waals surface area contributed by atoms with Crippen molar-refractivity contribution in [3.8, 4) is 11.1 Å². The smallest absolute Gasteiger partial charge is 0.378 e. The fourth-order valence-corrected chi connectivity index (χ4v) is 2.58. The summed E-state index contributed by atoms with van der Waals surface area (Å²) in [6, 6.07) is 13.9. The van der Waals surface area contributed by atoms with Gasteiger partial charge in [0.05, 0.1) is 18.8 Å². The lowest BCUT2D eigenvalue weighted by Crippen LogP contribution is -2.36. The molecule has 0 aromatic heterocycles. The average Bonchev–Trinajstić information content (AvgIpc) is 2.55. The summed E-state index contributed by atoms with van der Waals surface area (Å²) in [4.78, 5) is 2.13. The van der Waals surface area contributed by atoms with E-state index in [1.807, 2.05) is 24.3 Å². The molecule has 0 aliphatic carbocycles. The second-order valence-electron chi connectivity index (χ2n) is 5.11. The van der Waals surface area contributed by atoms with Gasteiger partial charge in [-0.15, -0.1) is 0 Å². The molecule has 0 amide bonds. The zero-order valence-electron chi connectivity index (χ0n) is 11.9. The van der Waals surface area contributed by atoms with Crippen LogP contribution < -0.4 is 4.90 Å². The van der Waals surface area contributed by atoms with E-state index < -0.39 is 11.7 Å². The molecule has 0 bridgehead atoms. The second-order valence-corrected chi connectivity index (χ2v) is 5.11. The molecule has 1 radical (unpaired) electrons. The van der Waals surface area contributed by atoms with Crippen molar-refractivity contribution in [2.75, 3.05) is 31.2 Å². The monoisotopic (exact) mass is 306 g/mol. The molecule has 1 heterocycles. The van der Waals surface area contributed by atoms with Crippen LogP contribution in [0.5, 0.6) is 0 Å². The van der Waals surface area contributed by atoms with Gasteiger partial charge in [-0.25, -0.2) is 0 Å². The SMILES string of the molecule is FC(F)(F)c1cc[c]c(-c2ccccc2N2CCOCC2)c1. The van der Waals surface area contributed by atoms with Crippen LogP contribution in [0.25, 0.3) is 11.1 Å². The summed E-state index contributed by atoms with van der Waals surface area (Å²) in [5.41, 5.74) is 1.48. The third-order valence-corrected chi connectivity index (χ3v) is 3.67. The Morgan fingerprint density at radius 1 is 1.05 bits per heavy atom. The fraction of sp³-hybridized carbons (Fsp3) is 0.294. The van der Waals surface area contributed by atoms with Crippen molar-refractivity contribution in [1.29, 1.82) is 0 Å². The van der Waals surface area contributed by atoms with Crippen LogP contribution in [0.15, 0.2) is 42.5 Å². The van der Waals surface area contributed by atoms with E-state index in [1.165, 1.54) is 6.07 Å². The molecule has 115 valence electrons. The molecule has 2 aromatic rings. The van der Waals surface area contributed by atoms with Crippen molar-refractivity contribution in [3.05, 3.63) is 54.1 Å². The van der Waals surface area contributed by atoms with Crippen LogP contribution in [0.2, 0.25) is 0 Å². The lowest BCUT2D eigenvalue weighted by atomic mass is 10.0. The van der Waals surface area contributed by atoms with Crippen molar-refractivity contribution < 1.29 is 17.9 Å². The maximum absolute atomic E-state index is 12.9. The van der Waals surface area contributed by atoms with Gasteiger partial charge in [0.1, 0.15) is 0 Å². The molecule has 1 aliphatic heterocycles. The minimum Gasteiger partial charge on any atom is -0.378 e. The molecule has 0 saturated carbocycles. The van der Waals surface area contributed by atoms with Crippen molar-refractivity contribution in [1.82, 2.24) is 0 Å². The Morgan fingerprint density at radius 3 is 2.50 bits per heavy atom. The average molecular weight is 306 g/mol. The zero-order chi connectivity index (χ0) is 15.6. The lowest BCUT2D eigenvalue weighted by Gasteiger charge is -2.30. The highest BCUT2D eigenvalue weighted by Crippen LogP contribution is 2.35. The number of hydrogen-bond donors (Lipinski definition) is 0. The van der Waals surface area contributed by atoms with Gasteiger partial charge >= 0.3 is 6.18 Å². The second kappa shape index (κ2) is 6.01. The van der Waals surface area contributed by atoms with Gasteiger partial charge in [0.15, 0.2) is 0 Å². The minimum atomic E-state index is -4.35. The summed E-state index contributed by atoms with van der Waals surface area (Å²) in [6.07, 6.45) is -4.35. The van der Waals surface area contributed by atoms with Crippen LogP contribution >= 0.6 is 0 Å². The highest BCUT2D eigenvalue weighted by atomic mass is 19.4. The first-order valence-corrected chi connectivity index (χ1v) is 7.07. The van der Waals surface area contributed by atoms with E-state index in [0.29, 0.717) is 18.8 Å². The lowest BCUT2D eigenvalue weighted by molar-refractivity contribution is -0.137. The molecular weight excluding hydrogens is 291 g/mol. The number of anilines is 1. The van der Waals surface area contributed by atoms with Gasteiger partial charge in [0.25, 0.3) is 0 Å². The van der Waals surface area contributed by atoms with Gasteiger partial charge in [0, 0.05) is 24.3 Å². The van der Waals surface area contributed by atoms with Crippen molar-refractivity contribution in [2.24, 2.45) is 0 Å². The molecule has 3 rings (SSSR count). The van der Waals surface area contributed by atoms with E-state index in [1.54, 1.807) is 0 Å². The molecule has 0 spiro atoms. The van der Waals surface area contributed by atoms with Gasteiger partial charge in [-0.05, 0) is 29.8 Å². The van der Waals surface area contributed by atoms with Gasteiger partial charge < -0.3 is 9.64 Å². The summed E-state index contributed by atoms with van der Waals surface area (Å²) in [7, 11) is 0. The van der Waals surface area contributed by atoms with Gasteiger partial charge in [0.2, 0.25) is 0 Å². The number of hydrogen-bond acceptors (Lipinski definition) is 2. The summed E-state index contributed by atoms with van der Waals surface area (Å²) in [5.74, 6) is 0. The molecule has 2 aromatic carbocycles. The third kappa shape index (κ3) is 3.09. The molecular formula is C17H15F3NO. The Morgan fingerprint density at radius 2 is 1.77 bits per heavy atom. The number of halogens is 3. The first kappa shape index (κ1) is 14.9. The van der Waals surface area contributed by atoms with E-state index in [2.05, 4.69) is 11.0 Å². The van der Waals surface area contributed by atoms with E-state index in [-0.39, 0.29) is 0 Å². The minimum absolute atomic E-state index is 0.455. The highest BCUT2D eigenvalue weighted by Gasteiger charge is 2.30. The topological polar surface area (TPSA) is 12.5 Å². The predicted octanol–water partition coefficient (Wildman–Crippen LogP) is 4.01. The summed E-state index contributed by atoms with van der Waals surface area (Å²) < 4.78 is 44.0. The Labute approximate surface area is 127 Å². The fourth-order valence-electron chi connectivity index (χ4n) is 2.58. The molecule has 0 N–H and O–H groups in total. The molecule has 0 unspecified atom stereocenters. The number of alkyl halides is 3. The summed E-state index contributed by atoms with van der Waals surface area (Å²) in [6.45, 7) is 2.72. The zero-order valence-corrected chi connectivity index (χ0v) is 11.9. The largest absolute Gasteiger partial charge is 0.416 e. The quantitative estimate of drug-likeness (QED) is 0.831. The molecule has 0 atom stereocenters. The van der Waals surface area contributed by atoms with Crippen LogP contribution in [0.4, 0.5) is 18.9 Å². The summed E-state index contributed by atoms with van der Waals surface area (Å²) >= 11 is 0. The number of para-hydroxylation sites is 1. The highest BCUT2D eigenvalue weighted by molar-refractivity contribution is 5.78. The van der Waals surface area contributed by atoms with E-state index in [9.17, 15) is 13.2 Å². The number of rotatable bonds is 2. The Bertz CT molecular complexity index is 648. The maximum Gasteiger partial charge on any atom is 0.416 e. The number of benzene rings is 2. The van der Waals surface area contributed by atoms with Crippen LogP contribution in [0, 0.1) is 6.07 Å². The first-order valence-electron chi connectivity index (χ1n) is 7.07. The summed E-state index contributed by atoms with van der Waals surface area (Å²) in [5, 5.41) is 0. The van der Waals surface area contributed by atoms with Crippen molar-refractivity contribution in [3.63, 3.8) is 0 Å². The van der Waals surface area contributed by atoms with E-state index >= 15 is 0 Å². The van der Waals surface area contributed by atoms with E-state index in [0.717, 1.165) is 36.5 Å². The number of morpholine rings is 1. The van der Waals surface area contributed by atoms with Crippen LogP contribution in [0.3, 0.4) is 0 Å². The predicted molar refractivity (Wildman–Crippen MR) is 78.7 cm³/mol. The van der Waals surface area contributed by atoms with Gasteiger partial charge in [-0.3, -0.25) is 0 Å². The van der Waals surface area contributed by atoms with Crippen LogP contribution in [-0.2, 0) is 10.9 Å². The van der Waals surface area contributed by atoms with E-state index in [4.69, 9.17) is 4.74 Å². The van der Waals surface area contributed by atoms with Gasteiger partial charge in [-0.2, -0.15) is 13.2 Å². The molecule has 1 aliphatic rings. The Hall–Kier alpha value is -2.01. The third-order valence-electron chi connectivity index (χ3n) is 3.67. The van der Waals surface area contributed by atoms with Crippen LogP contribution in [0.1, 0.15) is 5.56 Å². The Kier molecular flexibility index (Phi) is 4.07. The standard InChI is InChI=1S/C17H15F3NO/c18-17(19,20)14-5-3-4-13(12-14)15-6-1-2-7-16(15)21-8-10-22-11-9-21/h1-3,5-7,12H,8-11H2. The first-order chi connectivity index (χ1) is 10.6. The van der Waals surface area contributed by atoms with Crippen molar-refractivity contribution >= 4 is 5.69 Å².